The Morgan fingerprint density at radius 2 is 1.82 bits per heavy atom. The van der Waals surface area contributed by atoms with Gasteiger partial charge in [-0.1, -0.05) is 0 Å². The number of hydrogen-bond acceptors (Lipinski definition) is 6. The minimum atomic E-state index is -0.0291. The number of carbonyl (C=O) groups is 1. The van der Waals surface area contributed by atoms with Gasteiger partial charge in [-0.25, -0.2) is 4.98 Å². The van der Waals surface area contributed by atoms with Crippen LogP contribution in [-0.4, -0.2) is 72.7 Å². The smallest absolute Gasteiger partial charge is 0.274 e. The lowest BCUT2D eigenvalue weighted by Crippen LogP contribution is -2.39. The van der Waals surface area contributed by atoms with Gasteiger partial charge < -0.3 is 9.47 Å². The van der Waals surface area contributed by atoms with Gasteiger partial charge in [0.15, 0.2) is 0 Å². The van der Waals surface area contributed by atoms with Gasteiger partial charge in [-0.15, -0.1) is 10.2 Å². The highest BCUT2D eigenvalue weighted by Gasteiger charge is 2.30. The molecule has 2 aromatic rings. The molecule has 28 heavy (non-hydrogen) atoms. The first-order valence-corrected chi connectivity index (χ1v) is 10.3. The number of aryl methyl sites for hydroxylation is 1. The van der Waals surface area contributed by atoms with Crippen molar-refractivity contribution in [1.82, 2.24) is 34.5 Å². The molecule has 0 aromatic carbocycles. The van der Waals surface area contributed by atoms with E-state index in [0.29, 0.717) is 17.7 Å². The Morgan fingerprint density at radius 1 is 1.04 bits per heavy atom. The zero-order valence-corrected chi connectivity index (χ0v) is 17.0. The number of nitrogens with zero attached hydrogens (tertiary/aromatic N) is 7. The molecule has 0 unspecified atom stereocenters. The van der Waals surface area contributed by atoms with Crippen LogP contribution in [0.4, 0.5) is 0 Å². The second kappa shape index (κ2) is 7.95. The number of aromatic nitrogens is 5. The van der Waals surface area contributed by atoms with Gasteiger partial charge in [0.25, 0.3) is 5.91 Å². The van der Waals surface area contributed by atoms with Crippen molar-refractivity contribution in [3.05, 3.63) is 35.4 Å². The highest BCUT2D eigenvalue weighted by Crippen LogP contribution is 2.28. The fraction of sp³-hybridized carbons (Fsp3) is 0.650. The number of carbonyl (C=O) groups excluding carboxylic acids is 1. The third-order valence-corrected chi connectivity index (χ3v) is 5.97. The van der Waals surface area contributed by atoms with Crippen LogP contribution < -0.4 is 0 Å². The van der Waals surface area contributed by atoms with E-state index < -0.39 is 0 Å². The fourth-order valence-corrected chi connectivity index (χ4v) is 4.19. The Hall–Kier alpha value is -2.35. The number of amides is 1. The summed E-state index contributed by atoms with van der Waals surface area (Å²) in [5, 5.41) is 9.02. The quantitative estimate of drug-likeness (QED) is 0.802. The highest BCUT2D eigenvalue weighted by atomic mass is 16.2. The molecule has 1 amide bonds. The molecule has 0 bridgehead atoms. The van der Waals surface area contributed by atoms with E-state index >= 15 is 0 Å². The molecule has 1 fully saturated rings. The Morgan fingerprint density at radius 3 is 2.50 bits per heavy atom. The topological polar surface area (TPSA) is 80.0 Å². The van der Waals surface area contributed by atoms with Crippen LogP contribution in [0.2, 0.25) is 0 Å². The van der Waals surface area contributed by atoms with E-state index in [1.165, 1.54) is 0 Å². The van der Waals surface area contributed by atoms with Crippen LogP contribution >= 0.6 is 0 Å². The first kappa shape index (κ1) is 19.0. The first-order chi connectivity index (χ1) is 13.5. The molecule has 4 rings (SSSR count). The summed E-state index contributed by atoms with van der Waals surface area (Å²) in [7, 11) is 0. The molecule has 2 aromatic heterocycles. The van der Waals surface area contributed by atoms with Gasteiger partial charge in [0.1, 0.15) is 17.3 Å². The van der Waals surface area contributed by atoms with Crippen molar-refractivity contribution in [2.45, 2.75) is 58.5 Å². The molecule has 4 heterocycles. The molecule has 2 aliphatic heterocycles. The number of fused-ring (bicyclic) bond motifs is 1. The number of rotatable bonds is 3. The van der Waals surface area contributed by atoms with Crippen LogP contribution in [-0.2, 0) is 13.0 Å². The lowest BCUT2D eigenvalue weighted by Gasteiger charge is -2.31. The lowest BCUT2D eigenvalue weighted by atomic mass is 9.95. The highest BCUT2D eigenvalue weighted by molar-refractivity contribution is 5.92. The first-order valence-electron chi connectivity index (χ1n) is 10.3. The van der Waals surface area contributed by atoms with Crippen LogP contribution in [0.1, 0.15) is 60.4 Å². The minimum Gasteiger partial charge on any atom is -0.337 e. The zero-order valence-electron chi connectivity index (χ0n) is 17.0. The van der Waals surface area contributed by atoms with Gasteiger partial charge in [0.05, 0.1) is 11.9 Å². The van der Waals surface area contributed by atoms with Crippen LogP contribution in [0.3, 0.4) is 0 Å². The van der Waals surface area contributed by atoms with Crippen molar-refractivity contribution in [3.63, 3.8) is 0 Å². The Bertz CT molecular complexity index is 822. The second-order valence-electron chi connectivity index (χ2n) is 8.12. The predicted octanol–water partition coefficient (Wildman–Crippen LogP) is 1.66. The van der Waals surface area contributed by atoms with Gasteiger partial charge >= 0.3 is 0 Å². The third kappa shape index (κ3) is 3.78. The summed E-state index contributed by atoms with van der Waals surface area (Å²) in [6.45, 7) is 10.8. The predicted molar refractivity (Wildman–Crippen MR) is 105 cm³/mol. The second-order valence-corrected chi connectivity index (χ2v) is 8.12. The standard InChI is InChI=1S/C20H29N7O/c1-14(2)25-9-6-18-23-24-19(27(18)11-10-25)16-4-7-26(8-5-16)20(28)17-13-21-15(3)12-22-17/h12-14,16H,4-11H2,1-3H3. The molecule has 2 aliphatic rings. The molecule has 150 valence electrons. The van der Waals surface area contributed by atoms with Crippen molar-refractivity contribution in [2.75, 3.05) is 26.2 Å². The van der Waals surface area contributed by atoms with Gasteiger partial charge in [0, 0.05) is 57.3 Å². The summed E-state index contributed by atoms with van der Waals surface area (Å²) in [5.74, 6) is 2.54. The van der Waals surface area contributed by atoms with Crippen LogP contribution in [0, 0.1) is 6.92 Å². The van der Waals surface area contributed by atoms with Crippen molar-refractivity contribution in [3.8, 4) is 0 Å². The molecule has 8 heteroatoms. The summed E-state index contributed by atoms with van der Waals surface area (Å²) >= 11 is 0. The van der Waals surface area contributed by atoms with Gasteiger partial charge in [-0.05, 0) is 33.6 Å². The summed E-state index contributed by atoms with van der Waals surface area (Å²) in [6.07, 6.45) is 6.00. The molecular formula is C20H29N7O. The summed E-state index contributed by atoms with van der Waals surface area (Å²) < 4.78 is 2.33. The van der Waals surface area contributed by atoms with E-state index in [2.05, 4.69) is 43.5 Å². The van der Waals surface area contributed by atoms with E-state index in [1.807, 2.05) is 11.8 Å². The molecular weight excluding hydrogens is 354 g/mol. The van der Waals surface area contributed by atoms with Crippen molar-refractivity contribution < 1.29 is 4.79 Å². The maximum Gasteiger partial charge on any atom is 0.274 e. The van der Waals surface area contributed by atoms with Crippen molar-refractivity contribution in [1.29, 1.82) is 0 Å². The number of likely N-dealkylation sites (tertiary alicyclic amines) is 1. The average Bonchev–Trinajstić information content (AvgIpc) is 2.98. The molecule has 0 saturated carbocycles. The Labute approximate surface area is 166 Å². The third-order valence-electron chi connectivity index (χ3n) is 5.97. The number of piperidine rings is 1. The average molecular weight is 384 g/mol. The van der Waals surface area contributed by atoms with E-state index in [-0.39, 0.29) is 5.91 Å². The molecule has 0 spiro atoms. The number of hydrogen-bond donors (Lipinski definition) is 0. The molecule has 0 atom stereocenters. The molecule has 1 saturated heterocycles. The van der Waals surface area contributed by atoms with Gasteiger partial charge in [-0.2, -0.15) is 0 Å². The zero-order chi connectivity index (χ0) is 19.7. The molecule has 0 aliphatic carbocycles. The van der Waals surface area contributed by atoms with Crippen LogP contribution in [0.5, 0.6) is 0 Å². The van der Waals surface area contributed by atoms with E-state index in [9.17, 15) is 4.79 Å². The Kier molecular flexibility index (Phi) is 5.39. The van der Waals surface area contributed by atoms with Crippen molar-refractivity contribution in [2.24, 2.45) is 0 Å². The monoisotopic (exact) mass is 383 g/mol. The summed E-state index contributed by atoms with van der Waals surface area (Å²) in [4.78, 5) is 25.5. The van der Waals surface area contributed by atoms with Gasteiger partial charge in [0.2, 0.25) is 0 Å². The maximum absolute atomic E-state index is 12.7. The summed E-state index contributed by atoms with van der Waals surface area (Å²) in [6, 6.07) is 0.556. The van der Waals surface area contributed by atoms with Crippen molar-refractivity contribution >= 4 is 5.91 Å². The van der Waals surface area contributed by atoms with Crippen LogP contribution in [0.25, 0.3) is 0 Å². The fourth-order valence-electron chi connectivity index (χ4n) is 4.19. The van der Waals surface area contributed by atoms with E-state index in [1.54, 1.807) is 12.4 Å². The summed E-state index contributed by atoms with van der Waals surface area (Å²) in [5.41, 5.74) is 1.24. The Balaban J connectivity index is 1.40. The largest absolute Gasteiger partial charge is 0.337 e. The maximum atomic E-state index is 12.7. The van der Waals surface area contributed by atoms with Crippen LogP contribution in [0.15, 0.2) is 12.4 Å². The molecule has 0 radical (unpaired) electrons. The minimum absolute atomic E-state index is 0.0291. The van der Waals surface area contributed by atoms with Gasteiger partial charge in [-0.3, -0.25) is 14.7 Å². The SMILES string of the molecule is Cc1cnc(C(=O)N2CCC(c3nnc4n3CCN(C(C)C)CC4)CC2)cn1. The lowest BCUT2D eigenvalue weighted by molar-refractivity contribution is 0.0703. The normalized spacial score (nSPS) is 18.9. The molecule has 8 nitrogen and oxygen atoms in total. The molecule has 0 N–H and O–H groups in total. The van der Waals surface area contributed by atoms with E-state index in [0.717, 1.165) is 69.3 Å². The van der Waals surface area contributed by atoms with E-state index in [4.69, 9.17) is 0 Å².